The van der Waals surface area contributed by atoms with E-state index in [2.05, 4.69) is 15.3 Å². The van der Waals surface area contributed by atoms with Gasteiger partial charge in [-0.2, -0.15) is 0 Å². The highest BCUT2D eigenvalue weighted by molar-refractivity contribution is 6.05. The average molecular weight is 358 g/mol. The van der Waals surface area contributed by atoms with Crippen molar-refractivity contribution in [3.05, 3.63) is 56.4 Å². The lowest BCUT2D eigenvalue weighted by atomic mass is 10.1. The topological polar surface area (TPSA) is 144 Å². The SMILES string of the molecule is O=C(Nc1cnc(N2CCCC2)nc1)c1cc([N+](=O)[O-])cc([N+](=O)[O-])c1. The molecule has 0 aliphatic carbocycles. The third-order valence-electron chi connectivity index (χ3n) is 3.87. The molecule has 26 heavy (non-hydrogen) atoms. The molecule has 1 aromatic carbocycles. The van der Waals surface area contributed by atoms with E-state index in [1.54, 1.807) is 0 Å². The van der Waals surface area contributed by atoms with E-state index in [0.717, 1.165) is 44.1 Å². The maximum atomic E-state index is 12.3. The number of nitrogens with one attached hydrogen (secondary N) is 1. The third kappa shape index (κ3) is 3.71. The van der Waals surface area contributed by atoms with E-state index < -0.39 is 27.1 Å². The lowest BCUT2D eigenvalue weighted by Crippen LogP contribution is -2.20. The summed E-state index contributed by atoms with van der Waals surface area (Å²) in [6, 6.07) is 2.74. The number of nitro groups is 2. The number of nitrogens with zero attached hydrogens (tertiary/aromatic N) is 5. The molecular weight excluding hydrogens is 344 g/mol. The van der Waals surface area contributed by atoms with Crippen LogP contribution in [0.1, 0.15) is 23.2 Å². The molecule has 11 heteroatoms. The van der Waals surface area contributed by atoms with E-state index in [0.29, 0.717) is 5.95 Å². The smallest absolute Gasteiger partial charge is 0.277 e. The van der Waals surface area contributed by atoms with Crippen LogP contribution in [0.15, 0.2) is 30.6 Å². The number of carbonyl (C=O) groups is 1. The summed E-state index contributed by atoms with van der Waals surface area (Å²) < 4.78 is 0. The Hall–Kier alpha value is -3.63. The molecule has 1 aromatic heterocycles. The second-order valence-corrected chi connectivity index (χ2v) is 5.67. The molecule has 134 valence electrons. The Bertz CT molecular complexity index is 831. The molecule has 3 rings (SSSR count). The Morgan fingerprint density at radius 1 is 1.00 bits per heavy atom. The number of hydrogen-bond donors (Lipinski definition) is 1. The summed E-state index contributed by atoms with van der Waals surface area (Å²) in [5.41, 5.74) is -0.989. The van der Waals surface area contributed by atoms with E-state index in [1.165, 1.54) is 12.4 Å². The number of aromatic nitrogens is 2. The predicted octanol–water partition coefficient (Wildman–Crippen LogP) is 2.15. The number of anilines is 2. The van der Waals surface area contributed by atoms with Gasteiger partial charge in [-0.1, -0.05) is 0 Å². The van der Waals surface area contributed by atoms with Crippen molar-refractivity contribution >= 4 is 28.9 Å². The molecule has 0 radical (unpaired) electrons. The molecule has 0 spiro atoms. The number of non-ortho nitro benzene ring substituents is 2. The molecule has 2 heterocycles. The molecule has 1 aliphatic heterocycles. The van der Waals surface area contributed by atoms with Crippen molar-refractivity contribution in [2.75, 3.05) is 23.3 Å². The zero-order valence-electron chi connectivity index (χ0n) is 13.5. The van der Waals surface area contributed by atoms with Crippen LogP contribution in [0.4, 0.5) is 23.0 Å². The molecule has 1 fully saturated rings. The van der Waals surface area contributed by atoms with Gasteiger partial charge in [-0.25, -0.2) is 9.97 Å². The van der Waals surface area contributed by atoms with Gasteiger partial charge in [0, 0.05) is 25.2 Å². The second kappa shape index (κ2) is 7.09. The summed E-state index contributed by atoms with van der Waals surface area (Å²) in [4.78, 5) is 42.9. The van der Waals surface area contributed by atoms with E-state index in [9.17, 15) is 25.0 Å². The van der Waals surface area contributed by atoms with Crippen molar-refractivity contribution in [2.45, 2.75) is 12.8 Å². The van der Waals surface area contributed by atoms with Gasteiger partial charge < -0.3 is 10.2 Å². The summed E-state index contributed by atoms with van der Waals surface area (Å²) in [5, 5.41) is 24.3. The van der Waals surface area contributed by atoms with Crippen molar-refractivity contribution < 1.29 is 14.6 Å². The second-order valence-electron chi connectivity index (χ2n) is 5.67. The number of rotatable bonds is 5. The van der Waals surface area contributed by atoms with Crippen molar-refractivity contribution in [3.8, 4) is 0 Å². The lowest BCUT2D eigenvalue weighted by molar-refractivity contribution is -0.394. The zero-order chi connectivity index (χ0) is 18.7. The third-order valence-corrected chi connectivity index (χ3v) is 3.87. The van der Waals surface area contributed by atoms with Crippen LogP contribution in [0, 0.1) is 20.2 Å². The van der Waals surface area contributed by atoms with Crippen LogP contribution >= 0.6 is 0 Å². The molecule has 0 atom stereocenters. The highest BCUT2D eigenvalue weighted by Crippen LogP contribution is 2.23. The predicted molar refractivity (Wildman–Crippen MR) is 91.2 cm³/mol. The number of nitro benzene ring substituents is 2. The zero-order valence-corrected chi connectivity index (χ0v) is 13.5. The molecule has 1 N–H and O–H groups in total. The number of carbonyl (C=O) groups excluding carboxylic acids is 1. The van der Waals surface area contributed by atoms with Crippen molar-refractivity contribution in [1.29, 1.82) is 0 Å². The van der Waals surface area contributed by atoms with Crippen LogP contribution in [0.2, 0.25) is 0 Å². The Balaban J connectivity index is 1.79. The summed E-state index contributed by atoms with van der Waals surface area (Å²) in [7, 11) is 0. The minimum absolute atomic E-state index is 0.200. The van der Waals surface area contributed by atoms with Crippen molar-refractivity contribution in [3.63, 3.8) is 0 Å². The average Bonchev–Trinajstić information content (AvgIpc) is 3.16. The first-order valence-corrected chi connectivity index (χ1v) is 7.76. The van der Waals surface area contributed by atoms with E-state index >= 15 is 0 Å². The highest BCUT2D eigenvalue weighted by Gasteiger charge is 2.20. The fourth-order valence-corrected chi connectivity index (χ4v) is 2.61. The molecule has 1 amide bonds. The lowest BCUT2D eigenvalue weighted by Gasteiger charge is -2.14. The van der Waals surface area contributed by atoms with Gasteiger partial charge in [-0.15, -0.1) is 0 Å². The monoisotopic (exact) mass is 358 g/mol. The first-order chi connectivity index (χ1) is 12.4. The van der Waals surface area contributed by atoms with Gasteiger partial charge in [0.1, 0.15) is 0 Å². The first kappa shape index (κ1) is 17.2. The van der Waals surface area contributed by atoms with Gasteiger partial charge in [0.2, 0.25) is 5.95 Å². The fraction of sp³-hybridized carbons (Fsp3) is 0.267. The number of amides is 1. The fourth-order valence-electron chi connectivity index (χ4n) is 2.61. The number of hydrogen-bond acceptors (Lipinski definition) is 8. The molecule has 0 unspecified atom stereocenters. The summed E-state index contributed by atoms with van der Waals surface area (Å²) in [5.74, 6) is -0.166. The van der Waals surface area contributed by atoms with Gasteiger partial charge in [0.05, 0.1) is 39.6 Å². The molecule has 0 saturated carbocycles. The largest absolute Gasteiger partial charge is 0.341 e. The molecule has 2 aromatic rings. The highest BCUT2D eigenvalue weighted by atomic mass is 16.6. The Kier molecular flexibility index (Phi) is 4.69. The van der Waals surface area contributed by atoms with E-state index in [4.69, 9.17) is 0 Å². The van der Waals surface area contributed by atoms with Gasteiger partial charge >= 0.3 is 0 Å². The molecule has 1 saturated heterocycles. The molecular formula is C15H14N6O5. The molecule has 1 aliphatic rings. The van der Waals surface area contributed by atoms with Crippen LogP contribution < -0.4 is 10.2 Å². The summed E-state index contributed by atoms with van der Waals surface area (Å²) >= 11 is 0. The molecule has 11 nitrogen and oxygen atoms in total. The summed E-state index contributed by atoms with van der Waals surface area (Å²) in [6.45, 7) is 1.76. The van der Waals surface area contributed by atoms with Gasteiger partial charge in [-0.3, -0.25) is 25.0 Å². The van der Waals surface area contributed by atoms with Crippen LogP contribution in [-0.4, -0.2) is 38.8 Å². The minimum atomic E-state index is -0.794. The van der Waals surface area contributed by atoms with Gasteiger partial charge in [-0.05, 0) is 12.8 Å². The Labute approximate surface area is 147 Å². The molecule has 0 bridgehead atoms. The maximum Gasteiger partial charge on any atom is 0.277 e. The van der Waals surface area contributed by atoms with Crippen molar-refractivity contribution in [1.82, 2.24) is 9.97 Å². The maximum absolute atomic E-state index is 12.3. The van der Waals surface area contributed by atoms with Crippen LogP contribution in [0.3, 0.4) is 0 Å². The normalized spacial score (nSPS) is 13.5. The van der Waals surface area contributed by atoms with Gasteiger partial charge in [0.25, 0.3) is 17.3 Å². The van der Waals surface area contributed by atoms with E-state index in [1.807, 2.05) is 4.90 Å². The van der Waals surface area contributed by atoms with Crippen LogP contribution in [0.5, 0.6) is 0 Å². The van der Waals surface area contributed by atoms with Crippen LogP contribution in [0.25, 0.3) is 0 Å². The quantitative estimate of drug-likeness (QED) is 0.632. The standard InChI is InChI=1S/C15H14N6O5/c22-14(10-5-12(20(23)24)7-13(6-10)21(25)26)18-11-8-16-15(17-9-11)19-3-1-2-4-19/h5-9H,1-4H2,(H,18,22). The number of benzene rings is 1. The van der Waals surface area contributed by atoms with Gasteiger partial charge in [0.15, 0.2) is 0 Å². The minimum Gasteiger partial charge on any atom is -0.341 e. The Morgan fingerprint density at radius 3 is 2.04 bits per heavy atom. The summed E-state index contributed by atoms with van der Waals surface area (Å²) in [6.07, 6.45) is 5.00. The van der Waals surface area contributed by atoms with Crippen molar-refractivity contribution in [2.24, 2.45) is 0 Å². The first-order valence-electron chi connectivity index (χ1n) is 7.76. The van der Waals surface area contributed by atoms with Crippen LogP contribution in [-0.2, 0) is 0 Å². The van der Waals surface area contributed by atoms with E-state index in [-0.39, 0.29) is 11.3 Å². The Morgan fingerprint density at radius 2 is 1.54 bits per heavy atom.